The highest BCUT2D eigenvalue weighted by atomic mass is 32.2. The minimum Gasteiger partial charge on any atom is -0.476 e. The zero-order valence-electron chi connectivity index (χ0n) is 9.00. The molecule has 1 heterocycles. The average molecular weight is 285 g/mol. The fourth-order valence-corrected chi connectivity index (χ4v) is 3.06. The summed E-state index contributed by atoms with van der Waals surface area (Å²) in [5.74, 6) is -1.37. The standard InChI is InChI=1S/C11H8FNO3S2/c12-7-1-3-9(4-2-7)18(16)6-8-5-17-10(13-8)11(14)15/h1-5H,6H2,(H,14,15). The number of aromatic carboxylic acids is 1. The van der Waals surface area contributed by atoms with Gasteiger partial charge < -0.3 is 5.11 Å². The molecule has 0 radical (unpaired) electrons. The summed E-state index contributed by atoms with van der Waals surface area (Å²) in [6.45, 7) is 0. The van der Waals surface area contributed by atoms with E-state index in [2.05, 4.69) is 4.98 Å². The number of carboxylic acids is 1. The molecule has 18 heavy (non-hydrogen) atoms. The summed E-state index contributed by atoms with van der Waals surface area (Å²) in [6, 6.07) is 5.35. The van der Waals surface area contributed by atoms with Crippen LogP contribution in [0.25, 0.3) is 0 Å². The van der Waals surface area contributed by atoms with Gasteiger partial charge in [-0.2, -0.15) is 0 Å². The molecule has 0 spiro atoms. The quantitative estimate of drug-likeness (QED) is 0.936. The molecule has 0 bridgehead atoms. The molecular formula is C11H8FNO3S2. The van der Waals surface area contributed by atoms with Crippen LogP contribution in [0, 0.1) is 5.82 Å². The second-order valence-electron chi connectivity index (χ2n) is 3.39. The highest BCUT2D eigenvalue weighted by molar-refractivity contribution is 7.84. The smallest absolute Gasteiger partial charge is 0.365 e. The Kier molecular flexibility index (Phi) is 3.83. The molecule has 0 amide bonds. The number of carboxylic acid groups (broad SMARTS) is 1. The molecule has 0 aliphatic carbocycles. The number of rotatable bonds is 4. The number of hydrogen-bond donors (Lipinski definition) is 1. The van der Waals surface area contributed by atoms with Gasteiger partial charge in [-0.25, -0.2) is 14.2 Å². The van der Waals surface area contributed by atoms with Crippen molar-refractivity contribution >= 4 is 28.1 Å². The minimum atomic E-state index is -1.36. The van der Waals surface area contributed by atoms with Crippen molar-refractivity contribution < 1.29 is 18.5 Å². The van der Waals surface area contributed by atoms with Crippen LogP contribution < -0.4 is 0 Å². The minimum absolute atomic E-state index is 0.0268. The monoisotopic (exact) mass is 285 g/mol. The van der Waals surface area contributed by atoms with E-state index < -0.39 is 22.6 Å². The van der Waals surface area contributed by atoms with E-state index in [-0.39, 0.29) is 10.8 Å². The third-order valence-corrected chi connectivity index (χ3v) is 4.33. The molecule has 1 aromatic heterocycles. The fourth-order valence-electron chi connectivity index (χ4n) is 1.28. The largest absolute Gasteiger partial charge is 0.476 e. The summed E-state index contributed by atoms with van der Waals surface area (Å²) in [5, 5.41) is 10.2. The van der Waals surface area contributed by atoms with Crippen LogP contribution in [-0.4, -0.2) is 20.3 Å². The van der Waals surface area contributed by atoms with Crippen molar-refractivity contribution in [1.29, 1.82) is 0 Å². The second kappa shape index (κ2) is 5.36. The Morgan fingerprint density at radius 3 is 2.61 bits per heavy atom. The van der Waals surface area contributed by atoms with E-state index in [4.69, 9.17) is 5.11 Å². The van der Waals surface area contributed by atoms with Crippen LogP contribution in [0.15, 0.2) is 34.5 Å². The summed E-state index contributed by atoms with van der Waals surface area (Å²) in [4.78, 5) is 15.0. The Balaban J connectivity index is 2.11. The van der Waals surface area contributed by atoms with Gasteiger partial charge in [0.1, 0.15) is 5.82 Å². The van der Waals surface area contributed by atoms with Crippen LogP contribution in [0.5, 0.6) is 0 Å². The van der Waals surface area contributed by atoms with E-state index in [1.807, 2.05) is 0 Å². The summed E-state index contributed by atoms with van der Waals surface area (Å²) in [7, 11) is -1.36. The van der Waals surface area contributed by atoms with Gasteiger partial charge in [-0.3, -0.25) is 4.21 Å². The highest BCUT2D eigenvalue weighted by Crippen LogP contribution is 2.15. The lowest BCUT2D eigenvalue weighted by Crippen LogP contribution is -1.99. The number of carbonyl (C=O) groups is 1. The Bertz CT molecular complexity index is 595. The van der Waals surface area contributed by atoms with Gasteiger partial charge in [0.05, 0.1) is 22.2 Å². The van der Waals surface area contributed by atoms with E-state index in [1.165, 1.54) is 24.3 Å². The number of thiazole rings is 1. The number of nitrogens with zero attached hydrogens (tertiary/aromatic N) is 1. The van der Waals surface area contributed by atoms with Gasteiger partial charge in [0.25, 0.3) is 0 Å². The van der Waals surface area contributed by atoms with Gasteiger partial charge in [-0.05, 0) is 24.3 Å². The SMILES string of the molecule is O=C(O)c1nc(CS(=O)c2ccc(F)cc2)cs1. The van der Waals surface area contributed by atoms with Crippen molar-refractivity contribution in [3.05, 3.63) is 46.2 Å². The summed E-state index contributed by atoms with van der Waals surface area (Å²) >= 11 is 0.992. The second-order valence-corrected chi connectivity index (χ2v) is 5.70. The van der Waals surface area contributed by atoms with Crippen molar-refractivity contribution in [2.75, 3.05) is 0 Å². The van der Waals surface area contributed by atoms with Gasteiger partial charge in [0.2, 0.25) is 5.01 Å². The first-order chi connectivity index (χ1) is 8.56. The molecule has 0 aliphatic rings. The first-order valence-corrected chi connectivity index (χ1v) is 7.08. The average Bonchev–Trinajstić information content (AvgIpc) is 2.78. The molecule has 0 saturated carbocycles. The van der Waals surface area contributed by atoms with E-state index >= 15 is 0 Å². The lowest BCUT2D eigenvalue weighted by atomic mass is 10.4. The number of aromatic nitrogens is 1. The zero-order valence-corrected chi connectivity index (χ0v) is 10.6. The molecule has 0 fully saturated rings. The Morgan fingerprint density at radius 2 is 2.06 bits per heavy atom. The highest BCUT2D eigenvalue weighted by Gasteiger charge is 2.12. The maximum Gasteiger partial charge on any atom is 0.365 e. The molecule has 1 N–H and O–H groups in total. The van der Waals surface area contributed by atoms with E-state index in [0.717, 1.165) is 11.3 Å². The lowest BCUT2D eigenvalue weighted by molar-refractivity contribution is 0.0696. The van der Waals surface area contributed by atoms with Crippen molar-refractivity contribution in [2.24, 2.45) is 0 Å². The van der Waals surface area contributed by atoms with Crippen LogP contribution in [0.1, 0.15) is 15.5 Å². The van der Waals surface area contributed by atoms with E-state index in [9.17, 15) is 13.4 Å². The molecule has 4 nitrogen and oxygen atoms in total. The first kappa shape index (κ1) is 12.8. The third-order valence-electron chi connectivity index (χ3n) is 2.09. The normalized spacial score (nSPS) is 12.3. The van der Waals surface area contributed by atoms with Gasteiger partial charge in [-0.1, -0.05) is 0 Å². The van der Waals surface area contributed by atoms with Crippen molar-refractivity contribution in [2.45, 2.75) is 10.6 Å². The van der Waals surface area contributed by atoms with Gasteiger partial charge in [-0.15, -0.1) is 11.3 Å². The number of halogens is 1. The molecular weight excluding hydrogens is 277 g/mol. The van der Waals surface area contributed by atoms with Gasteiger partial charge in [0, 0.05) is 10.3 Å². The molecule has 1 atom stereocenters. The molecule has 1 aromatic carbocycles. The molecule has 7 heteroatoms. The fraction of sp³-hybridized carbons (Fsp3) is 0.0909. The molecule has 0 aliphatic heterocycles. The van der Waals surface area contributed by atoms with Crippen LogP contribution in [0.3, 0.4) is 0 Å². The van der Waals surface area contributed by atoms with Crippen molar-refractivity contribution in [1.82, 2.24) is 4.98 Å². The number of hydrogen-bond acceptors (Lipinski definition) is 4. The molecule has 0 saturated heterocycles. The summed E-state index contributed by atoms with van der Waals surface area (Å²) < 4.78 is 24.6. The molecule has 94 valence electrons. The van der Waals surface area contributed by atoms with Gasteiger partial charge >= 0.3 is 5.97 Å². The maximum absolute atomic E-state index is 12.7. The van der Waals surface area contributed by atoms with Crippen LogP contribution in [0.2, 0.25) is 0 Å². The lowest BCUT2D eigenvalue weighted by Gasteiger charge is -1.99. The summed E-state index contributed by atoms with van der Waals surface area (Å²) in [6.07, 6.45) is 0. The zero-order chi connectivity index (χ0) is 13.1. The Labute approximate surface area is 109 Å². The van der Waals surface area contributed by atoms with Crippen LogP contribution >= 0.6 is 11.3 Å². The predicted octanol–water partition coefficient (Wildman–Crippen LogP) is 2.29. The van der Waals surface area contributed by atoms with E-state index in [1.54, 1.807) is 5.38 Å². The van der Waals surface area contributed by atoms with Gasteiger partial charge in [0.15, 0.2) is 0 Å². The predicted molar refractivity (Wildman–Crippen MR) is 65.6 cm³/mol. The number of benzene rings is 1. The third kappa shape index (κ3) is 2.99. The van der Waals surface area contributed by atoms with Crippen molar-refractivity contribution in [3.8, 4) is 0 Å². The molecule has 2 aromatic rings. The summed E-state index contributed by atoms with van der Waals surface area (Å²) in [5.41, 5.74) is 0.458. The maximum atomic E-state index is 12.7. The Morgan fingerprint density at radius 1 is 1.39 bits per heavy atom. The van der Waals surface area contributed by atoms with Crippen LogP contribution in [-0.2, 0) is 16.6 Å². The Hall–Kier alpha value is -1.60. The van der Waals surface area contributed by atoms with E-state index in [0.29, 0.717) is 10.6 Å². The topological polar surface area (TPSA) is 67.3 Å². The van der Waals surface area contributed by atoms with Crippen molar-refractivity contribution in [3.63, 3.8) is 0 Å². The molecule has 2 rings (SSSR count). The van der Waals surface area contributed by atoms with Crippen LogP contribution in [0.4, 0.5) is 4.39 Å². The first-order valence-electron chi connectivity index (χ1n) is 4.88. The molecule has 1 unspecified atom stereocenters.